The molecule has 7 nitrogen and oxygen atoms in total. The first-order valence-electron chi connectivity index (χ1n) is 9.25. The average Bonchev–Trinajstić information content (AvgIpc) is 3.27. The van der Waals surface area contributed by atoms with Crippen LogP contribution in [0.15, 0.2) is 60.0 Å². The highest BCUT2D eigenvalue weighted by Crippen LogP contribution is 2.24. The minimum Gasteiger partial charge on any atom is -0.434 e. The fourth-order valence-corrected chi connectivity index (χ4v) is 2.87. The molecule has 3 rings (SSSR count). The molecule has 0 saturated heterocycles. The van der Waals surface area contributed by atoms with E-state index in [9.17, 15) is 8.78 Å². The summed E-state index contributed by atoms with van der Waals surface area (Å²) >= 11 is 6.00. The molecule has 0 bridgehead atoms. The Hall–Kier alpha value is -2.47. The molecule has 0 aliphatic carbocycles. The Kier molecular flexibility index (Phi) is 9.92. The van der Waals surface area contributed by atoms with E-state index in [2.05, 4.69) is 30.4 Å². The number of rotatable bonds is 8. The van der Waals surface area contributed by atoms with Gasteiger partial charge in [0.1, 0.15) is 5.75 Å². The Morgan fingerprint density at radius 2 is 2.06 bits per heavy atom. The molecule has 31 heavy (non-hydrogen) atoms. The third kappa shape index (κ3) is 7.62. The number of hydrogen-bond donors (Lipinski definition) is 2. The fourth-order valence-electron chi connectivity index (χ4n) is 2.68. The lowest BCUT2D eigenvalue weighted by Crippen LogP contribution is -2.36. The Bertz CT molecular complexity index is 988. The molecule has 166 valence electrons. The van der Waals surface area contributed by atoms with Crippen molar-refractivity contribution in [2.45, 2.75) is 26.6 Å². The van der Waals surface area contributed by atoms with Crippen LogP contribution in [0.3, 0.4) is 0 Å². The van der Waals surface area contributed by atoms with E-state index < -0.39 is 6.61 Å². The van der Waals surface area contributed by atoms with E-state index in [0.717, 1.165) is 5.56 Å². The van der Waals surface area contributed by atoms with Crippen molar-refractivity contribution in [2.24, 2.45) is 4.99 Å². The molecule has 0 aliphatic heterocycles. The summed E-state index contributed by atoms with van der Waals surface area (Å²) < 4.78 is 31.5. The van der Waals surface area contributed by atoms with Gasteiger partial charge in [-0.15, -0.1) is 24.0 Å². The second kappa shape index (κ2) is 12.4. The molecule has 2 aromatic heterocycles. The van der Waals surface area contributed by atoms with Crippen LogP contribution in [0.1, 0.15) is 18.1 Å². The molecule has 0 unspecified atom stereocenters. The summed E-state index contributed by atoms with van der Waals surface area (Å²) in [5, 5.41) is 10.8. The monoisotopic (exact) mass is 562 g/mol. The maximum atomic E-state index is 12.6. The summed E-state index contributed by atoms with van der Waals surface area (Å²) in [6.45, 7) is 0.258. The molecule has 0 amide bonds. The van der Waals surface area contributed by atoms with E-state index in [1.54, 1.807) is 23.1 Å². The van der Waals surface area contributed by atoms with Crippen molar-refractivity contribution in [1.29, 1.82) is 0 Å². The van der Waals surface area contributed by atoms with E-state index in [4.69, 9.17) is 11.6 Å². The number of benzene rings is 1. The van der Waals surface area contributed by atoms with Crippen LogP contribution in [-0.2, 0) is 13.1 Å². The van der Waals surface area contributed by atoms with Gasteiger partial charge in [-0.3, -0.25) is 0 Å². The molecule has 3 aromatic rings. The Morgan fingerprint density at radius 3 is 2.77 bits per heavy atom. The predicted octanol–water partition coefficient (Wildman–Crippen LogP) is 4.40. The number of pyridine rings is 1. The number of hydrogen-bond acceptors (Lipinski definition) is 4. The van der Waals surface area contributed by atoms with Gasteiger partial charge in [0, 0.05) is 42.3 Å². The molecule has 0 atom stereocenters. The van der Waals surface area contributed by atoms with Crippen molar-refractivity contribution in [3.63, 3.8) is 0 Å². The molecular formula is C20H22ClF2IN6O. The van der Waals surface area contributed by atoms with Crippen LogP contribution < -0.4 is 15.4 Å². The van der Waals surface area contributed by atoms with Gasteiger partial charge >= 0.3 is 6.61 Å². The molecule has 0 radical (unpaired) electrons. The van der Waals surface area contributed by atoms with Crippen LogP contribution in [0, 0.1) is 0 Å². The summed E-state index contributed by atoms with van der Waals surface area (Å²) in [7, 11) is 0. The zero-order valence-corrected chi connectivity index (χ0v) is 19.7. The predicted molar refractivity (Wildman–Crippen MR) is 127 cm³/mol. The van der Waals surface area contributed by atoms with Crippen molar-refractivity contribution in [1.82, 2.24) is 25.4 Å². The number of guanidine groups is 1. The van der Waals surface area contributed by atoms with E-state index >= 15 is 0 Å². The molecule has 0 spiro atoms. The van der Waals surface area contributed by atoms with Gasteiger partial charge in [-0.05, 0) is 48.9 Å². The Balaban J connectivity index is 0.00000341. The van der Waals surface area contributed by atoms with Gasteiger partial charge in [0.15, 0.2) is 11.8 Å². The average molecular weight is 563 g/mol. The normalized spacial score (nSPS) is 11.2. The number of ether oxygens (including phenoxy) is 1. The molecule has 0 aliphatic rings. The number of alkyl halides is 2. The molecule has 0 fully saturated rings. The lowest BCUT2D eigenvalue weighted by Gasteiger charge is -2.15. The summed E-state index contributed by atoms with van der Waals surface area (Å²) in [5.41, 5.74) is 1.44. The summed E-state index contributed by atoms with van der Waals surface area (Å²) in [6.07, 6.45) is 5.19. The third-order valence-corrected chi connectivity index (χ3v) is 4.23. The van der Waals surface area contributed by atoms with Gasteiger partial charge in [-0.1, -0.05) is 11.6 Å². The van der Waals surface area contributed by atoms with Crippen molar-refractivity contribution in [3.05, 3.63) is 71.1 Å². The number of nitrogens with one attached hydrogen (secondary N) is 2. The highest BCUT2D eigenvalue weighted by Gasteiger charge is 2.11. The van der Waals surface area contributed by atoms with Crippen molar-refractivity contribution in [3.8, 4) is 11.6 Å². The zero-order chi connectivity index (χ0) is 21.3. The standard InChI is InChI=1S/C20H21ClF2N6O.HI/c1-2-24-20(27-13-15-11-16(21)4-5-17(15)30-19(22)23)26-12-14-6-8-25-18(10-14)29-9-3-7-28-29;/h3-11,19H,2,12-13H2,1H3,(H2,24,26,27);1H. The first-order chi connectivity index (χ1) is 14.5. The first kappa shape index (κ1) is 24.8. The smallest absolute Gasteiger partial charge is 0.387 e. The third-order valence-electron chi connectivity index (χ3n) is 4.00. The second-order valence-electron chi connectivity index (χ2n) is 6.15. The number of halogens is 4. The van der Waals surface area contributed by atoms with Crippen LogP contribution in [0.25, 0.3) is 5.82 Å². The van der Waals surface area contributed by atoms with E-state index in [1.165, 1.54) is 12.1 Å². The number of aliphatic imine (C=N–C) groups is 1. The molecule has 11 heteroatoms. The minimum absolute atomic E-state index is 0. The maximum absolute atomic E-state index is 12.6. The lowest BCUT2D eigenvalue weighted by atomic mass is 10.2. The van der Waals surface area contributed by atoms with Crippen LogP contribution in [0.2, 0.25) is 5.02 Å². The lowest BCUT2D eigenvalue weighted by molar-refractivity contribution is -0.0504. The SMILES string of the molecule is CCNC(=NCc1ccnc(-n2cccn2)c1)NCc1cc(Cl)ccc1OC(F)F.I. The minimum atomic E-state index is -2.91. The van der Waals surface area contributed by atoms with Crippen LogP contribution >= 0.6 is 35.6 Å². The summed E-state index contributed by atoms with van der Waals surface area (Å²) in [4.78, 5) is 8.85. The molecule has 2 N–H and O–H groups in total. The van der Waals surface area contributed by atoms with Crippen LogP contribution in [0.4, 0.5) is 8.78 Å². The fraction of sp³-hybridized carbons (Fsp3) is 0.250. The summed E-state index contributed by atoms with van der Waals surface area (Å²) in [6, 6.07) is 10.1. The van der Waals surface area contributed by atoms with Gasteiger partial charge in [0.05, 0.1) is 6.54 Å². The van der Waals surface area contributed by atoms with Crippen LogP contribution in [0.5, 0.6) is 5.75 Å². The van der Waals surface area contributed by atoms with Gasteiger partial charge < -0.3 is 15.4 Å². The van der Waals surface area contributed by atoms with Gasteiger partial charge in [-0.25, -0.2) is 14.7 Å². The largest absolute Gasteiger partial charge is 0.434 e. The van der Waals surface area contributed by atoms with E-state index in [1.807, 2.05) is 31.3 Å². The highest BCUT2D eigenvalue weighted by atomic mass is 127. The van der Waals surface area contributed by atoms with Gasteiger partial charge in [-0.2, -0.15) is 13.9 Å². The van der Waals surface area contributed by atoms with Crippen molar-refractivity contribution < 1.29 is 13.5 Å². The zero-order valence-electron chi connectivity index (χ0n) is 16.6. The number of nitrogens with zero attached hydrogens (tertiary/aromatic N) is 4. The molecule has 0 saturated carbocycles. The molecule has 1 aromatic carbocycles. The molecular weight excluding hydrogens is 541 g/mol. The second-order valence-corrected chi connectivity index (χ2v) is 6.59. The van der Waals surface area contributed by atoms with Crippen molar-refractivity contribution in [2.75, 3.05) is 6.54 Å². The van der Waals surface area contributed by atoms with E-state index in [-0.39, 0.29) is 36.3 Å². The van der Waals surface area contributed by atoms with Crippen LogP contribution in [-0.4, -0.2) is 33.9 Å². The Morgan fingerprint density at radius 1 is 1.23 bits per heavy atom. The summed E-state index contributed by atoms with van der Waals surface area (Å²) in [5.74, 6) is 1.28. The topological polar surface area (TPSA) is 76.4 Å². The van der Waals surface area contributed by atoms with E-state index in [0.29, 0.717) is 35.5 Å². The van der Waals surface area contributed by atoms with Crippen molar-refractivity contribution >= 4 is 41.5 Å². The van der Waals surface area contributed by atoms with Gasteiger partial charge in [0.2, 0.25) is 0 Å². The first-order valence-corrected chi connectivity index (χ1v) is 9.63. The number of aromatic nitrogens is 3. The quantitative estimate of drug-likeness (QED) is 0.242. The maximum Gasteiger partial charge on any atom is 0.387 e. The van der Waals surface area contributed by atoms with Gasteiger partial charge in [0.25, 0.3) is 0 Å². The molecule has 2 heterocycles. The highest BCUT2D eigenvalue weighted by molar-refractivity contribution is 14.0. The Labute approximate surface area is 200 Å².